The van der Waals surface area contributed by atoms with Crippen molar-refractivity contribution >= 4 is 11.9 Å². The average molecular weight is 301 g/mol. The fraction of sp³-hybridized carbons (Fsp3) is 0.875. The van der Waals surface area contributed by atoms with Crippen LogP contribution in [0.15, 0.2) is 0 Å². The number of ether oxygens (including phenoxy) is 2. The van der Waals surface area contributed by atoms with Crippen LogP contribution in [0.3, 0.4) is 0 Å². The smallest absolute Gasteiger partial charge is 0.407 e. The summed E-state index contributed by atoms with van der Waals surface area (Å²) in [6.07, 6.45) is 2.53. The average Bonchev–Trinajstić information content (AvgIpc) is 2.44. The van der Waals surface area contributed by atoms with Crippen LogP contribution in [0.4, 0.5) is 4.79 Å². The molecule has 5 heteroatoms. The molecule has 0 radical (unpaired) electrons. The molecule has 5 nitrogen and oxygen atoms in total. The molecule has 0 aromatic rings. The molecule has 0 aromatic carbocycles. The van der Waals surface area contributed by atoms with Gasteiger partial charge in [0.2, 0.25) is 0 Å². The van der Waals surface area contributed by atoms with Crippen LogP contribution in [0, 0.1) is 5.41 Å². The lowest BCUT2D eigenvalue weighted by atomic mass is 9.85. The highest BCUT2D eigenvalue weighted by molar-refractivity contribution is 5.86. The summed E-state index contributed by atoms with van der Waals surface area (Å²) in [4.78, 5) is 23.2. The Kier molecular flexibility index (Phi) is 9.26. The molecule has 1 heterocycles. The van der Waals surface area contributed by atoms with Crippen LogP contribution >= 0.6 is 0 Å². The second-order valence-corrected chi connectivity index (χ2v) is 6.14. The monoisotopic (exact) mass is 301 g/mol. The zero-order valence-corrected chi connectivity index (χ0v) is 14.3. The maximum atomic E-state index is 11.7. The summed E-state index contributed by atoms with van der Waals surface area (Å²) in [5.41, 5.74) is -0.327. The first-order valence-corrected chi connectivity index (χ1v) is 7.86. The van der Waals surface area contributed by atoms with Crippen molar-refractivity contribution < 1.29 is 19.1 Å². The summed E-state index contributed by atoms with van der Waals surface area (Å²) in [7, 11) is 0. The first kappa shape index (κ1) is 19.9. The first-order valence-electron chi connectivity index (χ1n) is 7.86. The molecule has 124 valence electrons. The number of rotatable bonds is 4. The van der Waals surface area contributed by atoms with E-state index in [0.29, 0.717) is 0 Å². The molecule has 0 aliphatic carbocycles. The number of carbonyl (C=O) groups excluding carboxylic acids is 2. The standard InChI is InChI=1S/C14H25NO4.C2H6/c1-10(16)12(14(2,3)4)15-13(17)19-9-11-7-5-6-8-18-11;1-2/h11-12H,5-9H2,1-4H3,(H,15,17);1-2H3. The summed E-state index contributed by atoms with van der Waals surface area (Å²) in [5, 5.41) is 2.63. The normalized spacial score (nSPS) is 19.8. The van der Waals surface area contributed by atoms with E-state index in [-0.39, 0.29) is 23.9 Å². The molecular formula is C16H31NO4. The molecule has 1 fully saturated rings. The number of alkyl carbamates (subject to hydrolysis) is 1. The molecule has 2 unspecified atom stereocenters. The molecule has 21 heavy (non-hydrogen) atoms. The number of carbonyl (C=O) groups is 2. The number of nitrogens with one attached hydrogen (secondary N) is 1. The maximum Gasteiger partial charge on any atom is 0.407 e. The molecule has 0 aromatic heterocycles. The number of hydrogen-bond acceptors (Lipinski definition) is 4. The highest BCUT2D eigenvalue weighted by Gasteiger charge is 2.30. The molecule has 1 rings (SSSR count). The molecule has 0 bridgehead atoms. The highest BCUT2D eigenvalue weighted by atomic mass is 16.6. The van der Waals surface area contributed by atoms with Crippen LogP contribution in [0.1, 0.15) is 60.8 Å². The van der Waals surface area contributed by atoms with E-state index in [9.17, 15) is 9.59 Å². The predicted molar refractivity (Wildman–Crippen MR) is 83.3 cm³/mol. The van der Waals surface area contributed by atoms with Gasteiger partial charge in [-0.1, -0.05) is 34.6 Å². The fourth-order valence-electron chi connectivity index (χ4n) is 2.19. The molecule has 1 N–H and O–H groups in total. The maximum absolute atomic E-state index is 11.7. The van der Waals surface area contributed by atoms with Gasteiger partial charge in [-0.3, -0.25) is 4.79 Å². The van der Waals surface area contributed by atoms with Crippen molar-refractivity contribution in [1.82, 2.24) is 5.32 Å². The van der Waals surface area contributed by atoms with Gasteiger partial charge in [0, 0.05) is 6.61 Å². The lowest BCUT2D eigenvalue weighted by molar-refractivity contribution is -0.121. The summed E-state index contributed by atoms with van der Waals surface area (Å²) in [6.45, 7) is 12.2. The van der Waals surface area contributed by atoms with Crippen molar-refractivity contribution in [3.8, 4) is 0 Å². The lowest BCUT2D eigenvalue weighted by Crippen LogP contribution is -2.48. The van der Waals surface area contributed by atoms with Crippen molar-refractivity contribution in [1.29, 1.82) is 0 Å². The zero-order chi connectivity index (χ0) is 16.5. The van der Waals surface area contributed by atoms with E-state index in [1.165, 1.54) is 6.92 Å². The van der Waals surface area contributed by atoms with E-state index in [1.807, 2.05) is 34.6 Å². The van der Waals surface area contributed by atoms with Crippen LogP contribution in [0.25, 0.3) is 0 Å². The molecular weight excluding hydrogens is 270 g/mol. The van der Waals surface area contributed by atoms with Crippen molar-refractivity contribution in [2.75, 3.05) is 13.2 Å². The van der Waals surface area contributed by atoms with Gasteiger partial charge < -0.3 is 14.8 Å². The predicted octanol–water partition coefficient (Wildman–Crippen LogP) is 3.31. The van der Waals surface area contributed by atoms with Crippen molar-refractivity contribution in [2.45, 2.75) is 73.0 Å². The van der Waals surface area contributed by atoms with Crippen molar-refractivity contribution in [3.63, 3.8) is 0 Å². The van der Waals surface area contributed by atoms with Crippen LogP contribution in [-0.2, 0) is 14.3 Å². The Hall–Kier alpha value is -1.10. The van der Waals surface area contributed by atoms with E-state index >= 15 is 0 Å². The van der Waals surface area contributed by atoms with Gasteiger partial charge in [-0.05, 0) is 31.6 Å². The third-order valence-electron chi connectivity index (χ3n) is 3.21. The summed E-state index contributed by atoms with van der Waals surface area (Å²) in [6, 6.07) is -0.535. The minimum atomic E-state index is -0.552. The SMILES string of the molecule is CC.CC(=O)C(NC(=O)OCC1CCCCO1)C(C)(C)C. The van der Waals surface area contributed by atoms with Crippen LogP contribution in [0.2, 0.25) is 0 Å². The van der Waals surface area contributed by atoms with Crippen LogP contribution < -0.4 is 5.32 Å². The Morgan fingerprint density at radius 2 is 1.90 bits per heavy atom. The van der Waals surface area contributed by atoms with Crippen LogP contribution in [0.5, 0.6) is 0 Å². The molecule has 1 aliphatic heterocycles. The quantitative estimate of drug-likeness (QED) is 0.865. The van der Waals surface area contributed by atoms with Gasteiger partial charge in [0.1, 0.15) is 6.61 Å². The van der Waals surface area contributed by atoms with E-state index in [1.54, 1.807) is 0 Å². The van der Waals surface area contributed by atoms with E-state index in [2.05, 4.69) is 5.32 Å². The first-order chi connectivity index (χ1) is 9.80. The Labute approximate surface area is 128 Å². The number of hydrogen-bond donors (Lipinski definition) is 1. The Morgan fingerprint density at radius 1 is 1.29 bits per heavy atom. The molecule has 0 spiro atoms. The molecule has 1 aliphatic rings. The fourth-order valence-corrected chi connectivity index (χ4v) is 2.19. The van der Waals surface area contributed by atoms with Gasteiger partial charge in [0.25, 0.3) is 0 Å². The van der Waals surface area contributed by atoms with E-state index in [0.717, 1.165) is 25.9 Å². The van der Waals surface area contributed by atoms with E-state index in [4.69, 9.17) is 9.47 Å². The minimum absolute atomic E-state index is 0.00934. The Morgan fingerprint density at radius 3 is 2.33 bits per heavy atom. The number of amides is 1. The largest absolute Gasteiger partial charge is 0.447 e. The molecule has 0 saturated carbocycles. The summed E-state index contributed by atoms with van der Waals surface area (Å²) in [5.74, 6) is -0.0710. The second kappa shape index (κ2) is 9.77. The van der Waals surface area contributed by atoms with E-state index < -0.39 is 12.1 Å². The molecule has 1 amide bonds. The van der Waals surface area contributed by atoms with Gasteiger partial charge in [0.05, 0.1) is 12.1 Å². The number of ketones is 1. The van der Waals surface area contributed by atoms with Gasteiger partial charge in [-0.2, -0.15) is 0 Å². The van der Waals surface area contributed by atoms with Gasteiger partial charge in [-0.25, -0.2) is 4.79 Å². The number of Topliss-reactive ketones (excluding diaryl/α,β-unsaturated/α-hetero) is 1. The zero-order valence-electron chi connectivity index (χ0n) is 14.3. The Balaban J connectivity index is 0.00000191. The molecule has 2 atom stereocenters. The van der Waals surface area contributed by atoms with Crippen molar-refractivity contribution in [2.24, 2.45) is 5.41 Å². The van der Waals surface area contributed by atoms with Crippen LogP contribution in [-0.4, -0.2) is 37.2 Å². The summed E-state index contributed by atoms with van der Waals surface area (Å²) >= 11 is 0. The third kappa shape index (κ3) is 8.05. The topological polar surface area (TPSA) is 64.6 Å². The highest BCUT2D eigenvalue weighted by Crippen LogP contribution is 2.20. The Bertz CT molecular complexity index is 317. The van der Waals surface area contributed by atoms with Gasteiger partial charge in [0.15, 0.2) is 5.78 Å². The molecule has 1 saturated heterocycles. The van der Waals surface area contributed by atoms with Gasteiger partial charge in [-0.15, -0.1) is 0 Å². The summed E-state index contributed by atoms with van der Waals surface area (Å²) < 4.78 is 10.6. The van der Waals surface area contributed by atoms with Gasteiger partial charge >= 0.3 is 6.09 Å². The van der Waals surface area contributed by atoms with Crippen molar-refractivity contribution in [3.05, 3.63) is 0 Å². The minimum Gasteiger partial charge on any atom is -0.447 e. The second-order valence-electron chi connectivity index (χ2n) is 6.14. The lowest BCUT2D eigenvalue weighted by Gasteiger charge is -2.29. The third-order valence-corrected chi connectivity index (χ3v) is 3.21.